The highest BCUT2D eigenvalue weighted by atomic mass is 15.3. The van der Waals surface area contributed by atoms with Crippen LogP contribution in [0.25, 0.3) is 0 Å². The van der Waals surface area contributed by atoms with Crippen LogP contribution in [0.5, 0.6) is 0 Å². The highest BCUT2D eigenvalue weighted by molar-refractivity contribution is 5.74. The first-order valence-electron chi connectivity index (χ1n) is 5.75. The van der Waals surface area contributed by atoms with Gasteiger partial charge >= 0.3 is 0 Å². The predicted octanol–water partition coefficient (Wildman–Crippen LogP) is 2.33. The summed E-state index contributed by atoms with van der Waals surface area (Å²) in [4.78, 5) is 2.08. The maximum Gasteiger partial charge on any atom is 0.169 e. The van der Waals surface area contributed by atoms with E-state index in [1.165, 1.54) is 0 Å². The quantitative estimate of drug-likeness (QED) is 0.880. The second-order valence-corrected chi connectivity index (χ2v) is 4.05. The molecule has 17 heavy (non-hydrogen) atoms. The van der Waals surface area contributed by atoms with Crippen molar-refractivity contribution in [2.45, 2.75) is 13.3 Å². The van der Waals surface area contributed by atoms with Crippen molar-refractivity contribution < 1.29 is 0 Å². The maximum absolute atomic E-state index is 5.98. The molecule has 2 aromatic rings. The number of hydrogen-bond acceptors (Lipinski definition) is 3. The van der Waals surface area contributed by atoms with Gasteiger partial charge in [0.15, 0.2) is 5.82 Å². The Morgan fingerprint density at radius 2 is 1.94 bits per heavy atom. The Kier molecular flexibility index (Phi) is 3.04. The Hall–Kier alpha value is -1.97. The zero-order chi connectivity index (χ0) is 12.4. The van der Waals surface area contributed by atoms with Crippen LogP contribution in [0, 0.1) is 0 Å². The van der Waals surface area contributed by atoms with Crippen LogP contribution >= 0.6 is 0 Å². The van der Waals surface area contributed by atoms with Gasteiger partial charge in [-0.25, -0.2) is 0 Å². The Balaban J connectivity index is 2.47. The highest BCUT2D eigenvalue weighted by Gasteiger charge is 2.17. The molecule has 0 spiro atoms. The fourth-order valence-electron chi connectivity index (χ4n) is 2.11. The second-order valence-electron chi connectivity index (χ2n) is 4.05. The molecule has 90 valence electrons. The van der Waals surface area contributed by atoms with Crippen molar-refractivity contribution in [1.29, 1.82) is 0 Å². The molecule has 0 radical (unpaired) electrons. The predicted molar refractivity (Wildman–Crippen MR) is 71.5 cm³/mol. The zero-order valence-corrected chi connectivity index (χ0v) is 10.5. The Morgan fingerprint density at radius 1 is 1.29 bits per heavy atom. The van der Waals surface area contributed by atoms with Crippen LogP contribution in [-0.2, 0) is 13.5 Å². The van der Waals surface area contributed by atoms with Crippen LogP contribution < -0.4 is 10.6 Å². The minimum atomic E-state index is 0.579. The molecule has 0 unspecified atom stereocenters. The van der Waals surface area contributed by atoms with Crippen molar-refractivity contribution in [2.24, 2.45) is 7.05 Å². The number of anilines is 3. The van der Waals surface area contributed by atoms with Gasteiger partial charge in [0.25, 0.3) is 0 Å². The Bertz CT molecular complexity index is 502. The summed E-state index contributed by atoms with van der Waals surface area (Å²) in [5.41, 5.74) is 9.24. The molecule has 0 atom stereocenters. The zero-order valence-electron chi connectivity index (χ0n) is 10.5. The molecule has 0 fully saturated rings. The van der Waals surface area contributed by atoms with Gasteiger partial charge in [-0.3, -0.25) is 4.68 Å². The lowest BCUT2D eigenvalue weighted by atomic mass is 10.2. The molecular weight excluding hydrogens is 212 g/mol. The maximum atomic E-state index is 5.98. The van der Waals surface area contributed by atoms with Crippen molar-refractivity contribution in [1.82, 2.24) is 9.78 Å². The number of nitrogens with zero attached hydrogens (tertiary/aromatic N) is 3. The van der Waals surface area contributed by atoms with Crippen LogP contribution in [0.4, 0.5) is 17.2 Å². The molecule has 1 aromatic carbocycles. The van der Waals surface area contributed by atoms with E-state index in [0.29, 0.717) is 5.82 Å². The molecule has 0 aliphatic rings. The third-order valence-corrected chi connectivity index (χ3v) is 2.98. The lowest BCUT2D eigenvalue weighted by molar-refractivity contribution is 0.721. The molecular formula is C13H18N4. The molecule has 4 heteroatoms. The summed E-state index contributed by atoms with van der Waals surface area (Å²) in [6.07, 6.45) is 0.910. The van der Waals surface area contributed by atoms with Gasteiger partial charge in [0, 0.05) is 19.8 Å². The highest BCUT2D eigenvalue weighted by Crippen LogP contribution is 2.31. The standard InChI is InChI=1S/C13H18N4/c1-4-11-12(13(14)15-17(11)3)16(2)10-8-6-5-7-9-10/h5-9H,4H2,1-3H3,(H2,14,15). The summed E-state index contributed by atoms with van der Waals surface area (Å²) < 4.78 is 1.85. The van der Waals surface area contributed by atoms with Crippen LogP contribution in [0.15, 0.2) is 30.3 Å². The minimum absolute atomic E-state index is 0.579. The van der Waals surface area contributed by atoms with Gasteiger partial charge in [0.2, 0.25) is 0 Å². The fraction of sp³-hybridized carbons (Fsp3) is 0.308. The number of hydrogen-bond donors (Lipinski definition) is 1. The molecule has 0 aliphatic carbocycles. The SMILES string of the molecule is CCc1c(N(C)c2ccccc2)c(N)nn1C. The molecule has 0 aliphatic heterocycles. The number of nitrogens with two attached hydrogens (primary N) is 1. The number of aryl methyl sites for hydroxylation is 1. The average Bonchev–Trinajstić information content (AvgIpc) is 2.63. The molecule has 1 aromatic heterocycles. The third-order valence-electron chi connectivity index (χ3n) is 2.98. The summed E-state index contributed by atoms with van der Waals surface area (Å²) in [5, 5.41) is 4.28. The van der Waals surface area contributed by atoms with Crippen molar-refractivity contribution in [2.75, 3.05) is 17.7 Å². The van der Waals surface area contributed by atoms with Crippen LogP contribution in [-0.4, -0.2) is 16.8 Å². The first-order chi connectivity index (χ1) is 8.15. The summed E-state index contributed by atoms with van der Waals surface area (Å²) in [7, 11) is 3.94. The number of para-hydroxylation sites is 1. The first-order valence-corrected chi connectivity index (χ1v) is 5.75. The molecule has 0 amide bonds. The number of benzene rings is 1. The lowest BCUT2D eigenvalue weighted by Crippen LogP contribution is -2.12. The van der Waals surface area contributed by atoms with Gasteiger partial charge in [-0.1, -0.05) is 25.1 Å². The molecule has 2 N–H and O–H groups in total. The smallest absolute Gasteiger partial charge is 0.169 e. The summed E-state index contributed by atoms with van der Waals surface area (Å²) in [5.74, 6) is 0.579. The Morgan fingerprint density at radius 3 is 2.53 bits per heavy atom. The van der Waals surface area contributed by atoms with Crippen molar-refractivity contribution in [3.63, 3.8) is 0 Å². The van der Waals surface area contributed by atoms with Gasteiger partial charge in [-0.05, 0) is 18.6 Å². The van der Waals surface area contributed by atoms with E-state index >= 15 is 0 Å². The molecule has 0 saturated heterocycles. The summed E-state index contributed by atoms with van der Waals surface area (Å²) >= 11 is 0. The normalized spacial score (nSPS) is 10.5. The van der Waals surface area contributed by atoms with Crippen LogP contribution in [0.1, 0.15) is 12.6 Å². The lowest BCUT2D eigenvalue weighted by Gasteiger charge is -2.20. The van der Waals surface area contributed by atoms with Gasteiger partial charge < -0.3 is 10.6 Å². The van der Waals surface area contributed by atoms with Crippen LogP contribution in [0.2, 0.25) is 0 Å². The van der Waals surface area contributed by atoms with Crippen molar-refractivity contribution in [3.05, 3.63) is 36.0 Å². The summed E-state index contributed by atoms with van der Waals surface area (Å²) in [6.45, 7) is 2.11. The number of aromatic nitrogens is 2. The number of nitrogen functional groups attached to an aromatic ring is 1. The van der Waals surface area contributed by atoms with E-state index in [0.717, 1.165) is 23.5 Å². The van der Waals surface area contributed by atoms with Crippen molar-refractivity contribution in [3.8, 4) is 0 Å². The van der Waals surface area contributed by atoms with E-state index in [9.17, 15) is 0 Å². The molecule has 4 nitrogen and oxygen atoms in total. The molecule has 0 bridgehead atoms. The van der Waals surface area contributed by atoms with E-state index in [-0.39, 0.29) is 0 Å². The Labute approximate surface area is 102 Å². The average molecular weight is 230 g/mol. The number of rotatable bonds is 3. The summed E-state index contributed by atoms with van der Waals surface area (Å²) in [6, 6.07) is 10.2. The van der Waals surface area contributed by atoms with Gasteiger partial charge in [0.05, 0.1) is 5.69 Å². The largest absolute Gasteiger partial charge is 0.380 e. The van der Waals surface area contributed by atoms with Gasteiger partial charge in [0.1, 0.15) is 5.69 Å². The van der Waals surface area contributed by atoms with E-state index in [1.807, 2.05) is 37.0 Å². The van der Waals surface area contributed by atoms with E-state index in [2.05, 4.69) is 29.1 Å². The van der Waals surface area contributed by atoms with E-state index < -0.39 is 0 Å². The van der Waals surface area contributed by atoms with E-state index in [4.69, 9.17) is 5.73 Å². The van der Waals surface area contributed by atoms with Gasteiger partial charge in [-0.2, -0.15) is 5.10 Å². The third kappa shape index (κ3) is 1.98. The monoisotopic (exact) mass is 230 g/mol. The first kappa shape index (κ1) is 11.5. The van der Waals surface area contributed by atoms with E-state index in [1.54, 1.807) is 0 Å². The fourth-order valence-corrected chi connectivity index (χ4v) is 2.11. The topological polar surface area (TPSA) is 47.1 Å². The van der Waals surface area contributed by atoms with Crippen molar-refractivity contribution >= 4 is 17.2 Å². The molecule has 0 saturated carbocycles. The molecule has 2 rings (SSSR count). The second kappa shape index (κ2) is 4.49. The minimum Gasteiger partial charge on any atom is -0.380 e. The van der Waals surface area contributed by atoms with Crippen LogP contribution in [0.3, 0.4) is 0 Å². The van der Waals surface area contributed by atoms with Gasteiger partial charge in [-0.15, -0.1) is 0 Å². The molecule has 1 heterocycles.